The second kappa shape index (κ2) is 4.35. The molecule has 0 unspecified atom stereocenters. The molecule has 0 radical (unpaired) electrons. The van der Waals surface area contributed by atoms with E-state index in [-0.39, 0.29) is 0 Å². The number of nitrogens with zero attached hydrogens (tertiary/aromatic N) is 1. The molecule has 1 aliphatic rings. The molecular formula is C10H17N. The highest BCUT2D eigenvalue weighted by molar-refractivity contribution is 5.19. The summed E-state index contributed by atoms with van der Waals surface area (Å²) < 4.78 is 0. The first-order chi connectivity index (χ1) is 5.36. The Bertz CT molecular complexity index is 164. The van der Waals surface area contributed by atoms with Gasteiger partial charge < -0.3 is 0 Å². The predicted molar refractivity (Wildman–Crippen MR) is 49.6 cm³/mol. The zero-order valence-corrected chi connectivity index (χ0v) is 7.51. The topological polar surface area (TPSA) is 3.24 Å². The molecule has 0 spiro atoms. The lowest BCUT2D eigenvalue weighted by molar-refractivity contribution is 0.200. The Balaban J connectivity index is 2.31. The number of allylic oxidation sites excluding steroid dienone is 2. The summed E-state index contributed by atoms with van der Waals surface area (Å²) in [4.78, 5) is 2.47. The third-order valence-corrected chi connectivity index (χ3v) is 2.11. The minimum atomic E-state index is 1.14. The SMILES string of the molecule is C/C=C\C(=C/C)CN1CCC1. The van der Waals surface area contributed by atoms with Gasteiger partial charge in [0.1, 0.15) is 0 Å². The summed E-state index contributed by atoms with van der Waals surface area (Å²) in [6, 6.07) is 0. The van der Waals surface area contributed by atoms with Crippen LogP contribution in [-0.2, 0) is 0 Å². The summed E-state index contributed by atoms with van der Waals surface area (Å²) in [7, 11) is 0. The van der Waals surface area contributed by atoms with Gasteiger partial charge in [0, 0.05) is 6.54 Å². The largest absolute Gasteiger partial charge is 0.299 e. The Morgan fingerprint density at radius 1 is 1.36 bits per heavy atom. The molecule has 1 aliphatic heterocycles. The fourth-order valence-electron chi connectivity index (χ4n) is 1.25. The predicted octanol–water partition coefficient (Wildman–Crippen LogP) is 2.21. The van der Waals surface area contributed by atoms with Gasteiger partial charge in [-0.2, -0.15) is 0 Å². The third-order valence-electron chi connectivity index (χ3n) is 2.11. The van der Waals surface area contributed by atoms with Crippen molar-refractivity contribution in [3.8, 4) is 0 Å². The van der Waals surface area contributed by atoms with Gasteiger partial charge in [0.15, 0.2) is 0 Å². The molecule has 0 aliphatic carbocycles. The van der Waals surface area contributed by atoms with Crippen LogP contribution in [0.25, 0.3) is 0 Å². The highest BCUT2D eigenvalue weighted by Crippen LogP contribution is 2.09. The van der Waals surface area contributed by atoms with E-state index in [9.17, 15) is 0 Å². The quantitative estimate of drug-likeness (QED) is 0.559. The number of likely N-dealkylation sites (tertiary alicyclic amines) is 1. The van der Waals surface area contributed by atoms with Gasteiger partial charge >= 0.3 is 0 Å². The Kier molecular flexibility index (Phi) is 3.37. The second-order valence-electron chi connectivity index (χ2n) is 2.99. The van der Waals surface area contributed by atoms with E-state index < -0.39 is 0 Å². The fourth-order valence-corrected chi connectivity index (χ4v) is 1.25. The first kappa shape index (κ1) is 8.54. The van der Waals surface area contributed by atoms with Crippen molar-refractivity contribution in [3.05, 3.63) is 23.8 Å². The summed E-state index contributed by atoms with van der Waals surface area (Å²) in [5, 5.41) is 0. The molecule has 1 saturated heterocycles. The van der Waals surface area contributed by atoms with Gasteiger partial charge in [-0.15, -0.1) is 0 Å². The highest BCUT2D eigenvalue weighted by atomic mass is 15.2. The van der Waals surface area contributed by atoms with E-state index in [2.05, 4.69) is 37.0 Å². The first-order valence-electron chi connectivity index (χ1n) is 4.37. The molecule has 1 heteroatoms. The van der Waals surface area contributed by atoms with Crippen molar-refractivity contribution in [2.24, 2.45) is 0 Å². The lowest BCUT2D eigenvalue weighted by Crippen LogP contribution is -2.38. The van der Waals surface area contributed by atoms with Crippen LogP contribution < -0.4 is 0 Å². The van der Waals surface area contributed by atoms with E-state index in [4.69, 9.17) is 0 Å². The Morgan fingerprint density at radius 3 is 2.45 bits per heavy atom. The molecule has 0 atom stereocenters. The molecule has 0 N–H and O–H groups in total. The van der Waals surface area contributed by atoms with Gasteiger partial charge in [0.25, 0.3) is 0 Å². The summed E-state index contributed by atoms with van der Waals surface area (Å²) >= 11 is 0. The molecule has 1 rings (SSSR count). The summed E-state index contributed by atoms with van der Waals surface area (Å²) in [5.74, 6) is 0. The van der Waals surface area contributed by atoms with E-state index >= 15 is 0 Å². The van der Waals surface area contributed by atoms with Crippen molar-refractivity contribution in [2.75, 3.05) is 19.6 Å². The van der Waals surface area contributed by atoms with E-state index in [1.165, 1.54) is 25.1 Å². The maximum atomic E-state index is 2.47. The van der Waals surface area contributed by atoms with Crippen molar-refractivity contribution >= 4 is 0 Å². The van der Waals surface area contributed by atoms with E-state index in [1.54, 1.807) is 0 Å². The van der Waals surface area contributed by atoms with Gasteiger partial charge in [-0.3, -0.25) is 4.90 Å². The van der Waals surface area contributed by atoms with Crippen molar-refractivity contribution in [3.63, 3.8) is 0 Å². The molecule has 1 nitrogen and oxygen atoms in total. The summed E-state index contributed by atoms with van der Waals surface area (Å²) in [5.41, 5.74) is 1.44. The number of hydrogen-bond acceptors (Lipinski definition) is 1. The summed E-state index contributed by atoms with van der Waals surface area (Å²) in [6.45, 7) is 7.89. The van der Waals surface area contributed by atoms with Gasteiger partial charge in [-0.1, -0.05) is 18.2 Å². The van der Waals surface area contributed by atoms with Gasteiger partial charge in [-0.25, -0.2) is 0 Å². The molecule has 0 aromatic rings. The average molecular weight is 151 g/mol. The van der Waals surface area contributed by atoms with Gasteiger partial charge in [-0.05, 0) is 38.9 Å². The van der Waals surface area contributed by atoms with Crippen molar-refractivity contribution < 1.29 is 0 Å². The molecule has 0 saturated carbocycles. The molecule has 0 bridgehead atoms. The zero-order valence-electron chi connectivity index (χ0n) is 7.51. The van der Waals surface area contributed by atoms with Gasteiger partial charge in [0.2, 0.25) is 0 Å². The molecule has 11 heavy (non-hydrogen) atoms. The van der Waals surface area contributed by atoms with Crippen molar-refractivity contribution in [2.45, 2.75) is 20.3 Å². The first-order valence-corrected chi connectivity index (χ1v) is 4.37. The highest BCUT2D eigenvalue weighted by Gasteiger charge is 2.12. The molecular weight excluding hydrogens is 134 g/mol. The van der Waals surface area contributed by atoms with E-state index in [1.807, 2.05) is 0 Å². The minimum absolute atomic E-state index is 1.14. The maximum absolute atomic E-state index is 2.47. The molecule has 1 heterocycles. The average Bonchev–Trinajstić information content (AvgIpc) is 1.94. The van der Waals surface area contributed by atoms with E-state index in [0.717, 1.165) is 6.54 Å². The van der Waals surface area contributed by atoms with Gasteiger partial charge in [0.05, 0.1) is 0 Å². The van der Waals surface area contributed by atoms with Crippen LogP contribution in [0.15, 0.2) is 23.8 Å². The molecule has 0 aromatic heterocycles. The number of rotatable bonds is 3. The molecule has 62 valence electrons. The normalized spacial score (nSPS) is 20.7. The second-order valence-corrected chi connectivity index (χ2v) is 2.99. The fraction of sp³-hybridized carbons (Fsp3) is 0.600. The summed E-state index contributed by atoms with van der Waals surface area (Å²) in [6.07, 6.45) is 7.87. The maximum Gasteiger partial charge on any atom is 0.0230 e. The van der Waals surface area contributed by atoms with Crippen LogP contribution in [0, 0.1) is 0 Å². The number of hydrogen-bond donors (Lipinski definition) is 0. The van der Waals surface area contributed by atoms with Crippen LogP contribution in [0.2, 0.25) is 0 Å². The minimum Gasteiger partial charge on any atom is -0.299 e. The Morgan fingerprint density at radius 2 is 2.09 bits per heavy atom. The van der Waals surface area contributed by atoms with Crippen molar-refractivity contribution in [1.82, 2.24) is 4.90 Å². The molecule has 0 amide bonds. The lowest BCUT2D eigenvalue weighted by Gasteiger charge is -2.30. The van der Waals surface area contributed by atoms with E-state index in [0.29, 0.717) is 0 Å². The standard InChI is InChI=1S/C10H17N/c1-3-6-10(4-2)9-11-7-5-8-11/h3-4,6H,5,7-9H2,1-2H3/b6-3-,10-4+. The molecule has 0 aromatic carbocycles. The van der Waals surface area contributed by atoms with Crippen LogP contribution in [0.1, 0.15) is 20.3 Å². The third kappa shape index (κ3) is 2.51. The molecule has 1 fully saturated rings. The Labute approximate surface area is 69.4 Å². The van der Waals surface area contributed by atoms with Crippen LogP contribution in [-0.4, -0.2) is 24.5 Å². The zero-order chi connectivity index (χ0) is 8.10. The smallest absolute Gasteiger partial charge is 0.0230 e. The lowest BCUT2D eigenvalue weighted by atomic mass is 10.1. The Hall–Kier alpha value is -0.560. The van der Waals surface area contributed by atoms with Crippen LogP contribution in [0.5, 0.6) is 0 Å². The van der Waals surface area contributed by atoms with Crippen molar-refractivity contribution in [1.29, 1.82) is 0 Å². The monoisotopic (exact) mass is 151 g/mol. The van der Waals surface area contributed by atoms with Crippen LogP contribution in [0.4, 0.5) is 0 Å². The van der Waals surface area contributed by atoms with Crippen LogP contribution >= 0.6 is 0 Å². The van der Waals surface area contributed by atoms with Crippen LogP contribution in [0.3, 0.4) is 0 Å².